The normalized spacial score (nSPS) is 20.8. The Morgan fingerprint density at radius 3 is 2.73 bits per heavy atom. The maximum absolute atomic E-state index is 5.72. The Labute approximate surface area is 181 Å². The second-order valence-corrected chi connectivity index (χ2v) is 8.15. The Bertz CT molecular complexity index is 646. The first-order valence-corrected chi connectivity index (χ1v) is 11.2. The van der Waals surface area contributed by atoms with Crippen molar-refractivity contribution < 1.29 is 9.47 Å². The molecule has 0 bridgehead atoms. The van der Waals surface area contributed by atoms with Gasteiger partial charge in [0.05, 0.1) is 26.4 Å². The highest BCUT2D eigenvalue weighted by Crippen LogP contribution is 2.18. The molecular weight excluding hydrogens is 380 g/mol. The predicted molar refractivity (Wildman–Crippen MR) is 121 cm³/mol. The molecule has 8 heteroatoms. The second-order valence-electron chi connectivity index (χ2n) is 8.15. The standard InChI is InChI=1S/C22H38N6O2/c1-4-23-22(28-8-7-20(17-28)18-30-14-13-29-3)25-16-19-5-6-21(24-15-19)27-11-9-26(2)10-12-27/h5-6,15,20H,4,7-14,16-18H2,1-3H3,(H,23,25). The van der Waals surface area contributed by atoms with Crippen LogP contribution in [0.2, 0.25) is 0 Å². The van der Waals surface area contributed by atoms with Crippen LogP contribution in [0.15, 0.2) is 23.3 Å². The van der Waals surface area contributed by atoms with Gasteiger partial charge in [-0.2, -0.15) is 0 Å². The fourth-order valence-corrected chi connectivity index (χ4v) is 3.88. The summed E-state index contributed by atoms with van der Waals surface area (Å²) in [7, 11) is 3.88. The molecule has 1 unspecified atom stereocenters. The van der Waals surface area contributed by atoms with Crippen LogP contribution in [0.1, 0.15) is 18.9 Å². The van der Waals surface area contributed by atoms with Crippen molar-refractivity contribution in [1.29, 1.82) is 0 Å². The van der Waals surface area contributed by atoms with Crippen LogP contribution in [0.4, 0.5) is 5.82 Å². The summed E-state index contributed by atoms with van der Waals surface area (Å²) in [5.74, 6) is 2.61. The number of hydrogen-bond donors (Lipinski definition) is 1. The molecule has 0 aromatic carbocycles. The third-order valence-electron chi connectivity index (χ3n) is 5.75. The monoisotopic (exact) mass is 418 g/mol. The van der Waals surface area contributed by atoms with Gasteiger partial charge < -0.3 is 29.5 Å². The van der Waals surface area contributed by atoms with E-state index in [1.165, 1.54) is 0 Å². The number of pyridine rings is 1. The van der Waals surface area contributed by atoms with E-state index in [-0.39, 0.29) is 0 Å². The number of hydrogen-bond acceptors (Lipinski definition) is 6. The molecule has 1 aromatic rings. The highest BCUT2D eigenvalue weighted by atomic mass is 16.5. The molecular formula is C22H38N6O2. The average molecular weight is 419 g/mol. The summed E-state index contributed by atoms with van der Waals surface area (Å²) >= 11 is 0. The molecule has 2 saturated heterocycles. The molecule has 1 aromatic heterocycles. The third-order valence-corrected chi connectivity index (χ3v) is 5.75. The molecule has 0 spiro atoms. The minimum Gasteiger partial charge on any atom is -0.382 e. The van der Waals surface area contributed by atoms with Crippen molar-refractivity contribution >= 4 is 11.8 Å². The molecule has 1 atom stereocenters. The maximum Gasteiger partial charge on any atom is 0.194 e. The zero-order valence-corrected chi connectivity index (χ0v) is 18.8. The number of likely N-dealkylation sites (tertiary alicyclic amines) is 1. The van der Waals surface area contributed by atoms with E-state index < -0.39 is 0 Å². The summed E-state index contributed by atoms with van der Waals surface area (Å²) in [5.41, 5.74) is 1.14. The van der Waals surface area contributed by atoms with Crippen LogP contribution in [-0.4, -0.2) is 101 Å². The zero-order valence-electron chi connectivity index (χ0n) is 18.8. The summed E-state index contributed by atoms with van der Waals surface area (Å²) in [6.45, 7) is 12.0. The van der Waals surface area contributed by atoms with Gasteiger partial charge in [-0.25, -0.2) is 9.98 Å². The van der Waals surface area contributed by atoms with Crippen molar-refractivity contribution in [2.45, 2.75) is 19.9 Å². The van der Waals surface area contributed by atoms with E-state index in [1.54, 1.807) is 7.11 Å². The van der Waals surface area contributed by atoms with Crippen LogP contribution in [0.5, 0.6) is 0 Å². The number of likely N-dealkylation sites (N-methyl/N-ethyl adjacent to an activating group) is 1. The van der Waals surface area contributed by atoms with Gasteiger partial charge >= 0.3 is 0 Å². The minimum absolute atomic E-state index is 0.551. The number of guanidine groups is 1. The minimum atomic E-state index is 0.551. The first kappa shape index (κ1) is 22.8. The zero-order chi connectivity index (χ0) is 21.2. The topological polar surface area (TPSA) is 65.5 Å². The summed E-state index contributed by atoms with van der Waals surface area (Å²) in [4.78, 5) is 16.6. The lowest BCUT2D eigenvalue weighted by Crippen LogP contribution is -2.44. The van der Waals surface area contributed by atoms with Crippen molar-refractivity contribution in [2.75, 3.05) is 84.7 Å². The van der Waals surface area contributed by atoms with E-state index in [4.69, 9.17) is 14.5 Å². The van der Waals surface area contributed by atoms with Gasteiger partial charge in [0.2, 0.25) is 0 Å². The molecule has 3 heterocycles. The van der Waals surface area contributed by atoms with Crippen LogP contribution >= 0.6 is 0 Å². The lowest BCUT2D eigenvalue weighted by atomic mass is 10.1. The highest BCUT2D eigenvalue weighted by molar-refractivity contribution is 5.80. The van der Waals surface area contributed by atoms with Gasteiger partial charge in [-0.05, 0) is 32.0 Å². The molecule has 2 fully saturated rings. The van der Waals surface area contributed by atoms with Crippen molar-refractivity contribution in [3.8, 4) is 0 Å². The Kier molecular flexibility index (Phi) is 9.17. The first-order valence-electron chi connectivity index (χ1n) is 11.2. The number of piperazine rings is 1. The van der Waals surface area contributed by atoms with Crippen LogP contribution < -0.4 is 10.2 Å². The lowest BCUT2D eigenvalue weighted by molar-refractivity contribution is 0.0536. The van der Waals surface area contributed by atoms with E-state index in [0.29, 0.717) is 25.7 Å². The summed E-state index contributed by atoms with van der Waals surface area (Å²) in [6, 6.07) is 4.29. The van der Waals surface area contributed by atoms with Gasteiger partial charge in [0.25, 0.3) is 0 Å². The summed E-state index contributed by atoms with van der Waals surface area (Å²) < 4.78 is 10.8. The van der Waals surface area contributed by atoms with Crippen molar-refractivity contribution in [3.63, 3.8) is 0 Å². The molecule has 30 heavy (non-hydrogen) atoms. The number of ether oxygens (including phenoxy) is 2. The van der Waals surface area contributed by atoms with Crippen molar-refractivity contribution in [1.82, 2.24) is 20.1 Å². The van der Waals surface area contributed by atoms with Gasteiger partial charge in [0, 0.05) is 65.0 Å². The smallest absolute Gasteiger partial charge is 0.194 e. The quantitative estimate of drug-likeness (QED) is 0.368. The number of aliphatic imine (C=N–C) groups is 1. The summed E-state index contributed by atoms with van der Waals surface area (Å²) in [6.07, 6.45) is 3.11. The molecule has 168 valence electrons. The maximum atomic E-state index is 5.72. The molecule has 0 amide bonds. The number of rotatable bonds is 9. The molecule has 0 saturated carbocycles. The van der Waals surface area contributed by atoms with E-state index >= 15 is 0 Å². The Morgan fingerprint density at radius 2 is 2.03 bits per heavy atom. The number of anilines is 1. The van der Waals surface area contributed by atoms with Gasteiger partial charge in [-0.15, -0.1) is 0 Å². The van der Waals surface area contributed by atoms with E-state index in [0.717, 1.165) is 76.2 Å². The SMILES string of the molecule is CCNC(=NCc1ccc(N2CCN(C)CC2)nc1)N1CCC(COCCOC)C1. The van der Waals surface area contributed by atoms with E-state index in [2.05, 4.69) is 51.1 Å². The molecule has 2 aliphatic heterocycles. The molecule has 8 nitrogen and oxygen atoms in total. The predicted octanol–water partition coefficient (Wildman–Crippen LogP) is 1.28. The number of nitrogens with zero attached hydrogens (tertiary/aromatic N) is 5. The van der Waals surface area contributed by atoms with Crippen molar-refractivity contribution in [3.05, 3.63) is 23.9 Å². The number of nitrogens with one attached hydrogen (secondary N) is 1. The first-order chi connectivity index (χ1) is 14.7. The highest BCUT2D eigenvalue weighted by Gasteiger charge is 2.25. The van der Waals surface area contributed by atoms with Gasteiger partial charge in [0.15, 0.2) is 5.96 Å². The second kappa shape index (κ2) is 12.1. The largest absolute Gasteiger partial charge is 0.382 e. The molecule has 1 N–H and O–H groups in total. The average Bonchev–Trinajstić information content (AvgIpc) is 3.24. The molecule has 0 aliphatic carbocycles. The van der Waals surface area contributed by atoms with Crippen molar-refractivity contribution in [2.24, 2.45) is 10.9 Å². The van der Waals surface area contributed by atoms with E-state index in [1.807, 2.05) is 6.20 Å². The Hall–Kier alpha value is -1.90. The van der Waals surface area contributed by atoms with E-state index in [9.17, 15) is 0 Å². The molecule has 0 radical (unpaired) electrons. The van der Waals surface area contributed by atoms with Crippen LogP contribution in [-0.2, 0) is 16.0 Å². The van der Waals surface area contributed by atoms with Gasteiger partial charge in [-0.3, -0.25) is 0 Å². The van der Waals surface area contributed by atoms with Crippen LogP contribution in [0.3, 0.4) is 0 Å². The van der Waals surface area contributed by atoms with Crippen LogP contribution in [0, 0.1) is 5.92 Å². The van der Waals surface area contributed by atoms with Gasteiger partial charge in [0.1, 0.15) is 5.82 Å². The Morgan fingerprint density at radius 1 is 1.20 bits per heavy atom. The fraction of sp³-hybridized carbons (Fsp3) is 0.727. The molecule has 2 aliphatic rings. The lowest BCUT2D eigenvalue weighted by Gasteiger charge is -2.33. The molecule has 3 rings (SSSR count). The fourth-order valence-electron chi connectivity index (χ4n) is 3.88. The summed E-state index contributed by atoms with van der Waals surface area (Å²) in [5, 5.41) is 3.44. The van der Waals surface area contributed by atoms with Gasteiger partial charge in [-0.1, -0.05) is 6.07 Å². The third kappa shape index (κ3) is 6.82. The number of methoxy groups -OCH3 is 1. The van der Waals surface area contributed by atoms with Crippen LogP contribution in [0.25, 0.3) is 0 Å². The number of aromatic nitrogens is 1. The Balaban J connectivity index is 1.51.